The van der Waals surface area contributed by atoms with Crippen molar-refractivity contribution in [2.45, 2.75) is 6.92 Å². The molecule has 184 valence electrons. The third-order valence-electron chi connectivity index (χ3n) is 5.92. The van der Waals surface area contributed by atoms with Crippen molar-refractivity contribution in [1.29, 1.82) is 5.26 Å². The number of likely N-dealkylation sites (N-methyl/N-ethyl adjacent to an activating group) is 1. The van der Waals surface area contributed by atoms with Crippen LogP contribution in [0.1, 0.15) is 12.5 Å². The third-order valence-corrected chi connectivity index (χ3v) is 5.92. The average molecular weight is 485 g/mol. The zero-order chi connectivity index (χ0) is 25.5. The smallest absolute Gasteiger partial charge is 0.247 e. The molecule has 0 radical (unpaired) electrons. The van der Waals surface area contributed by atoms with E-state index in [0.29, 0.717) is 22.9 Å². The SMILES string of the molecule is C=CC(=O)Nc1cc(N2CCN(CC)CC2)ccc1Nc1ncc(C#N)c(Nc2ccc(O)cc2)n1. The number of nitriles is 1. The summed E-state index contributed by atoms with van der Waals surface area (Å²) < 4.78 is 0. The maximum atomic E-state index is 12.1. The molecule has 1 saturated heterocycles. The second kappa shape index (κ2) is 11.2. The molecule has 1 aromatic heterocycles. The molecule has 0 aliphatic carbocycles. The number of carbonyl (C=O) groups excluding carboxylic acids is 1. The predicted octanol–water partition coefficient (Wildman–Crippen LogP) is 3.81. The third kappa shape index (κ3) is 5.89. The molecule has 1 amide bonds. The largest absolute Gasteiger partial charge is 0.508 e. The van der Waals surface area contributed by atoms with Crippen molar-refractivity contribution in [3.8, 4) is 11.8 Å². The number of nitrogens with zero attached hydrogens (tertiary/aromatic N) is 5. The normalized spacial score (nSPS) is 13.5. The van der Waals surface area contributed by atoms with Crippen LogP contribution in [-0.2, 0) is 4.79 Å². The number of carbonyl (C=O) groups is 1. The van der Waals surface area contributed by atoms with Gasteiger partial charge < -0.3 is 30.9 Å². The van der Waals surface area contributed by atoms with Crippen LogP contribution >= 0.6 is 0 Å². The standard InChI is InChI=1S/C26H28N8O2/c1-3-24(36)30-23-15-20(34-13-11-33(4-2)12-14-34)7-10-22(23)31-26-28-17-18(16-27)25(32-26)29-19-5-8-21(35)9-6-19/h3,5-10,15,17,35H,1,4,11-14H2,2H3,(H,30,36)(H2,28,29,31,32). The summed E-state index contributed by atoms with van der Waals surface area (Å²) in [4.78, 5) is 25.6. The van der Waals surface area contributed by atoms with Crippen LogP contribution in [0.3, 0.4) is 0 Å². The van der Waals surface area contributed by atoms with Crippen molar-refractivity contribution in [3.05, 3.63) is 66.9 Å². The topological polar surface area (TPSA) is 129 Å². The van der Waals surface area contributed by atoms with E-state index >= 15 is 0 Å². The number of phenolic OH excluding ortho intramolecular Hbond substituents is 1. The number of anilines is 6. The minimum absolute atomic E-state index is 0.135. The first-order chi connectivity index (χ1) is 17.5. The van der Waals surface area contributed by atoms with Gasteiger partial charge in [0.2, 0.25) is 11.9 Å². The Morgan fingerprint density at radius 3 is 2.56 bits per heavy atom. The monoisotopic (exact) mass is 484 g/mol. The lowest BCUT2D eigenvalue weighted by Gasteiger charge is -2.35. The van der Waals surface area contributed by atoms with Crippen molar-refractivity contribution in [3.63, 3.8) is 0 Å². The zero-order valence-electron chi connectivity index (χ0n) is 20.0. The molecule has 0 unspecified atom stereocenters. The highest BCUT2D eigenvalue weighted by molar-refractivity contribution is 6.02. The van der Waals surface area contributed by atoms with E-state index < -0.39 is 0 Å². The summed E-state index contributed by atoms with van der Waals surface area (Å²) in [5, 5.41) is 28.1. The van der Waals surface area contributed by atoms with Gasteiger partial charge in [-0.3, -0.25) is 4.79 Å². The number of benzene rings is 2. The Morgan fingerprint density at radius 1 is 1.14 bits per heavy atom. The molecule has 0 bridgehead atoms. The Balaban J connectivity index is 1.60. The van der Waals surface area contributed by atoms with Crippen LogP contribution in [0.25, 0.3) is 0 Å². The summed E-state index contributed by atoms with van der Waals surface area (Å²) in [5.41, 5.74) is 3.08. The molecule has 10 heteroatoms. The highest BCUT2D eigenvalue weighted by Crippen LogP contribution is 2.31. The quantitative estimate of drug-likeness (QED) is 0.279. The molecule has 4 N–H and O–H groups in total. The number of aromatic hydroxyl groups is 1. The molecule has 0 saturated carbocycles. The Hall–Kier alpha value is -4.62. The van der Waals surface area contributed by atoms with Crippen LogP contribution in [0.15, 0.2) is 61.3 Å². The van der Waals surface area contributed by atoms with E-state index in [1.165, 1.54) is 24.4 Å². The highest BCUT2D eigenvalue weighted by atomic mass is 16.3. The van der Waals surface area contributed by atoms with Gasteiger partial charge in [-0.05, 0) is 55.1 Å². The number of hydrogen-bond donors (Lipinski definition) is 4. The molecule has 4 rings (SSSR count). The Bertz CT molecular complexity index is 1280. The maximum absolute atomic E-state index is 12.1. The fourth-order valence-electron chi connectivity index (χ4n) is 3.87. The van der Waals surface area contributed by atoms with E-state index in [2.05, 4.69) is 55.3 Å². The Kier molecular flexibility index (Phi) is 7.63. The summed E-state index contributed by atoms with van der Waals surface area (Å²) in [7, 11) is 0. The van der Waals surface area contributed by atoms with Crippen molar-refractivity contribution >= 4 is 40.4 Å². The number of phenols is 1. The van der Waals surface area contributed by atoms with Crippen molar-refractivity contribution < 1.29 is 9.90 Å². The van der Waals surface area contributed by atoms with Gasteiger partial charge in [-0.25, -0.2) is 4.98 Å². The lowest BCUT2D eigenvalue weighted by atomic mass is 10.2. The van der Waals surface area contributed by atoms with E-state index in [1.807, 2.05) is 18.2 Å². The summed E-state index contributed by atoms with van der Waals surface area (Å²) >= 11 is 0. The first-order valence-corrected chi connectivity index (χ1v) is 11.6. The lowest BCUT2D eigenvalue weighted by molar-refractivity contribution is -0.111. The fraction of sp³-hybridized carbons (Fsp3) is 0.231. The molecule has 0 atom stereocenters. The van der Waals surface area contributed by atoms with Gasteiger partial charge in [0.15, 0.2) is 5.82 Å². The van der Waals surface area contributed by atoms with Crippen LogP contribution in [-0.4, -0.2) is 58.6 Å². The molecule has 1 fully saturated rings. The van der Waals surface area contributed by atoms with Crippen molar-refractivity contribution in [2.75, 3.05) is 53.6 Å². The summed E-state index contributed by atoms with van der Waals surface area (Å²) in [6, 6.07) is 14.3. The number of piperazine rings is 1. The highest BCUT2D eigenvalue weighted by Gasteiger charge is 2.18. The second-order valence-electron chi connectivity index (χ2n) is 8.21. The second-order valence-corrected chi connectivity index (χ2v) is 8.21. The minimum Gasteiger partial charge on any atom is -0.508 e. The number of amides is 1. The Labute approximate surface area is 209 Å². The van der Waals surface area contributed by atoms with Crippen molar-refractivity contribution in [2.24, 2.45) is 0 Å². The van der Waals surface area contributed by atoms with Gasteiger partial charge in [0.25, 0.3) is 0 Å². The molecular weight excluding hydrogens is 456 g/mol. The van der Waals surface area contributed by atoms with Crippen LogP contribution in [0.2, 0.25) is 0 Å². The molecule has 3 aromatic rings. The Morgan fingerprint density at radius 2 is 1.89 bits per heavy atom. The molecule has 1 aliphatic heterocycles. The van der Waals surface area contributed by atoms with Gasteiger partial charge in [-0.1, -0.05) is 13.5 Å². The van der Waals surface area contributed by atoms with E-state index in [1.54, 1.807) is 12.1 Å². The molecule has 2 aromatic carbocycles. The first-order valence-electron chi connectivity index (χ1n) is 11.6. The van der Waals surface area contributed by atoms with Crippen LogP contribution < -0.4 is 20.9 Å². The molecule has 0 spiro atoms. The van der Waals surface area contributed by atoms with E-state index in [-0.39, 0.29) is 23.2 Å². The van der Waals surface area contributed by atoms with Crippen LogP contribution in [0, 0.1) is 11.3 Å². The lowest BCUT2D eigenvalue weighted by Crippen LogP contribution is -2.46. The van der Waals surface area contributed by atoms with Crippen LogP contribution in [0.5, 0.6) is 5.75 Å². The first kappa shape index (κ1) is 24.5. The van der Waals surface area contributed by atoms with E-state index in [0.717, 1.165) is 38.4 Å². The molecule has 36 heavy (non-hydrogen) atoms. The van der Waals surface area contributed by atoms with E-state index in [9.17, 15) is 15.2 Å². The van der Waals surface area contributed by atoms with E-state index in [4.69, 9.17) is 0 Å². The van der Waals surface area contributed by atoms with Gasteiger partial charge in [0, 0.05) is 37.6 Å². The summed E-state index contributed by atoms with van der Waals surface area (Å²) in [5.74, 6) is 0.355. The van der Waals surface area contributed by atoms with Crippen molar-refractivity contribution in [1.82, 2.24) is 14.9 Å². The maximum Gasteiger partial charge on any atom is 0.247 e. The van der Waals surface area contributed by atoms with Crippen LogP contribution in [0.4, 0.5) is 34.5 Å². The summed E-state index contributed by atoms with van der Waals surface area (Å²) in [6.07, 6.45) is 2.63. The number of aromatic nitrogens is 2. The molecule has 1 aliphatic rings. The van der Waals surface area contributed by atoms with Gasteiger partial charge in [0.05, 0.1) is 17.6 Å². The fourth-order valence-corrected chi connectivity index (χ4v) is 3.87. The molecular formula is C26H28N8O2. The number of hydrogen-bond acceptors (Lipinski definition) is 9. The zero-order valence-corrected chi connectivity index (χ0v) is 20.0. The van der Waals surface area contributed by atoms with Gasteiger partial charge in [-0.15, -0.1) is 0 Å². The average Bonchev–Trinajstić information content (AvgIpc) is 2.91. The number of nitrogens with one attached hydrogen (secondary N) is 3. The molecule has 10 nitrogen and oxygen atoms in total. The van der Waals surface area contributed by atoms with Gasteiger partial charge in [0.1, 0.15) is 17.4 Å². The molecule has 2 heterocycles. The predicted molar refractivity (Wildman–Crippen MR) is 141 cm³/mol. The summed E-state index contributed by atoms with van der Waals surface area (Å²) in [6.45, 7) is 10.5. The van der Waals surface area contributed by atoms with Gasteiger partial charge in [-0.2, -0.15) is 10.2 Å². The minimum atomic E-state index is -0.332. The van der Waals surface area contributed by atoms with Gasteiger partial charge >= 0.3 is 0 Å². The number of rotatable bonds is 8.